The number of nitrogens with one attached hydrogen (secondary N) is 2. The third-order valence-corrected chi connectivity index (χ3v) is 9.71. The van der Waals surface area contributed by atoms with Crippen LogP contribution in [0.5, 0.6) is 0 Å². The largest absolute Gasteiger partial charge is 0.322 e. The van der Waals surface area contributed by atoms with Crippen LogP contribution in [0.2, 0.25) is 0 Å². The SMILES string of the molecule is Cc1cc(C2(c3cc(C)c(NC(=O)c4ccc(C(C)(C)C)cc4)c(C)c3)CCCCC2)cc(C)c1NC(=O)c1ccc([N+](=O)[O-])cc1. The van der Waals surface area contributed by atoms with E-state index in [1.807, 2.05) is 38.1 Å². The molecule has 0 aliphatic heterocycles. The summed E-state index contributed by atoms with van der Waals surface area (Å²) in [5.74, 6) is -0.422. The molecule has 2 N–H and O–H groups in total. The van der Waals surface area contributed by atoms with Gasteiger partial charge < -0.3 is 10.6 Å². The molecule has 7 nitrogen and oxygen atoms in total. The quantitative estimate of drug-likeness (QED) is 0.157. The number of hydrogen-bond acceptors (Lipinski definition) is 4. The van der Waals surface area contributed by atoms with Gasteiger partial charge in [0.25, 0.3) is 17.5 Å². The number of nitro benzene ring substituents is 1. The molecule has 47 heavy (non-hydrogen) atoms. The normalized spacial score (nSPS) is 14.4. The maximum atomic E-state index is 13.3. The standard InChI is InChI=1S/C40H45N3O4/c1-25-21-32(22-26(2)35(25)41-37(44)29-11-15-31(16-12-29)39(5,6)7)40(19-9-8-10-20-40)33-23-27(3)36(28(4)24-33)42-38(45)30-13-17-34(18-14-30)43(46)47/h11-18,21-24H,8-10,19-20H2,1-7H3,(H,41,44)(H,42,45). The van der Waals surface area contributed by atoms with Crippen molar-refractivity contribution in [3.05, 3.63) is 133 Å². The van der Waals surface area contributed by atoms with Crippen molar-refractivity contribution >= 4 is 28.9 Å². The highest BCUT2D eigenvalue weighted by Gasteiger charge is 2.37. The topological polar surface area (TPSA) is 101 Å². The Bertz CT molecular complexity index is 1780. The fourth-order valence-corrected chi connectivity index (χ4v) is 7.00. The van der Waals surface area contributed by atoms with Crippen LogP contribution in [0.3, 0.4) is 0 Å². The lowest BCUT2D eigenvalue weighted by Crippen LogP contribution is -2.31. The summed E-state index contributed by atoms with van der Waals surface area (Å²) in [6.07, 6.45) is 5.48. The summed E-state index contributed by atoms with van der Waals surface area (Å²) >= 11 is 0. The molecule has 4 aromatic carbocycles. The number of benzene rings is 4. The Morgan fingerprint density at radius 2 is 1.04 bits per heavy atom. The molecule has 0 bridgehead atoms. The van der Waals surface area contributed by atoms with Crippen LogP contribution in [0, 0.1) is 37.8 Å². The van der Waals surface area contributed by atoms with Gasteiger partial charge in [-0.2, -0.15) is 0 Å². The molecule has 2 amide bonds. The van der Waals surface area contributed by atoms with E-state index in [4.69, 9.17) is 0 Å². The Kier molecular flexibility index (Phi) is 9.39. The van der Waals surface area contributed by atoms with Gasteiger partial charge in [-0.05, 0) is 109 Å². The Morgan fingerprint density at radius 1 is 0.660 bits per heavy atom. The van der Waals surface area contributed by atoms with E-state index < -0.39 is 4.92 Å². The molecule has 0 spiro atoms. The van der Waals surface area contributed by atoms with Gasteiger partial charge in [-0.3, -0.25) is 19.7 Å². The molecule has 0 aromatic heterocycles. The van der Waals surface area contributed by atoms with Gasteiger partial charge in [0.05, 0.1) is 4.92 Å². The smallest absolute Gasteiger partial charge is 0.269 e. The lowest BCUT2D eigenvalue weighted by atomic mass is 9.64. The average Bonchev–Trinajstić information content (AvgIpc) is 3.04. The summed E-state index contributed by atoms with van der Waals surface area (Å²) < 4.78 is 0. The van der Waals surface area contributed by atoms with E-state index >= 15 is 0 Å². The van der Waals surface area contributed by atoms with Gasteiger partial charge in [0.2, 0.25) is 0 Å². The number of carbonyl (C=O) groups excluding carboxylic acids is 2. The summed E-state index contributed by atoms with van der Waals surface area (Å²) in [4.78, 5) is 36.9. The first kappa shape index (κ1) is 33.6. The molecule has 0 atom stereocenters. The predicted octanol–water partition coefficient (Wildman–Crippen LogP) is 9.88. The van der Waals surface area contributed by atoms with Crippen molar-refractivity contribution in [1.29, 1.82) is 0 Å². The molecule has 5 rings (SSSR count). The van der Waals surface area contributed by atoms with Crippen LogP contribution in [0.25, 0.3) is 0 Å². The number of nitro groups is 1. The molecule has 0 radical (unpaired) electrons. The van der Waals surface area contributed by atoms with Crippen LogP contribution in [-0.4, -0.2) is 16.7 Å². The van der Waals surface area contributed by atoms with Gasteiger partial charge in [-0.15, -0.1) is 0 Å². The Hall–Kier alpha value is -4.78. The highest BCUT2D eigenvalue weighted by molar-refractivity contribution is 6.06. The van der Waals surface area contributed by atoms with Crippen LogP contribution in [-0.2, 0) is 10.8 Å². The number of aryl methyl sites for hydroxylation is 4. The van der Waals surface area contributed by atoms with Gasteiger partial charge in [0.15, 0.2) is 0 Å². The number of amides is 2. The molecule has 244 valence electrons. The maximum absolute atomic E-state index is 13.3. The monoisotopic (exact) mass is 631 g/mol. The number of non-ortho nitro benzene ring substituents is 1. The first-order valence-corrected chi connectivity index (χ1v) is 16.4. The zero-order chi connectivity index (χ0) is 34.1. The zero-order valence-corrected chi connectivity index (χ0v) is 28.5. The van der Waals surface area contributed by atoms with Crippen molar-refractivity contribution < 1.29 is 14.5 Å². The van der Waals surface area contributed by atoms with E-state index in [9.17, 15) is 19.7 Å². The molecule has 1 aliphatic carbocycles. The molecule has 1 aliphatic rings. The van der Waals surface area contributed by atoms with Crippen molar-refractivity contribution in [3.8, 4) is 0 Å². The fraction of sp³-hybridized carbons (Fsp3) is 0.350. The minimum Gasteiger partial charge on any atom is -0.322 e. The van der Waals surface area contributed by atoms with E-state index in [1.54, 1.807) is 0 Å². The van der Waals surface area contributed by atoms with Gasteiger partial charge in [0, 0.05) is 40.0 Å². The lowest BCUT2D eigenvalue weighted by Gasteiger charge is -2.40. The third kappa shape index (κ3) is 6.99. The summed E-state index contributed by atoms with van der Waals surface area (Å²) in [7, 11) is 0. The summed E-state index contributed by atoms with van der Waals surface area (Å²) in [6, 6.07) is 22.4. The van der Waals surface area contributed by atoms with Crippen molar-refractivity contribution in [2.24, 2.45) is 0 Å². The van der Waals surface area contributed by atoms with Crippen LogP contribution >= 0.6 is 0 Å². The highest BCUT2D eigenvalue weighted by atomic mass is 16.6. The van der Waals surface area contributed by atoms with Crippen molar-refractivity contribution in [1.82, 2.24) is 0 Å². The minimum absolute atomic E-state index is 0.0216. The molecular weight excluding hydrogens is 586 g/mol. The van der Waals surface area contributed by atoms with Crippen LogP contribution in [0.4, 0.5) is 17.1 Å². The second-order valence-electron chi connectivity index (χ2n) is 14.2. The van der Waals surface area contributed by atoms with Crippen LogP contribution < -0.4 is 10.6 Å². The molecule has 0 heterocycles. The first-order valence-electron chi connectivity index (χ1n) is 16.4. The van der Waals surface area contributed by atoms with E-state index in [-0.39, 0.29) is 28.3 Å². The average molecular weight is 632 g/mol. The lowest BCUT2D eigenvalue weighted by molar-refractivity contribution is -0.384. The Balaban J connectivity index is 1.43. The van der Waals surface area contributed by atoms with Crippen LogP contribution in [0.15, 0.2) is 72.8 Å². The van der Waals surface area contributed by atoms with Crippen molar-refractivity contribution in [2.45, 2.75) is 91.4 Å². The summed E-state index contributed by atoms with van der Waals surface area (Å²) in [5.41, 5.74) is 10.1. The Labute approximate surface area is 278 Å². The van der Waals surface area contributed by atoms with Crippen molar-refractivity contribution in [2.75, 3.05) is 10.6 Å². The zero-order valence-electron chi connectivity index (χ0n) is 28.5. The molecule has 7 heteroatoms. The van der Waals surface area contributed by atoms with E-state index in [0.29, 0.717) is 11.1 Å². The van der Waals surface area contributed by atoms with Crippen LogP contribution in [0.1, 0.15) is 113 Å². The second kappa shape index (κ2) is 13.1. The predicted molar refractivity (Wildman–Crippen MR) is 190 cm³/mol. The third-order valence-electron chi connectivity index (χ3n) is 9.71. The molecular formula is C40H45N3O4. The van der Waals surface area contributed by atoms with E-state index in [1.165, 1.54) is 47.4 Å². The Morgan fingerprint density at radius 3 is 1.40 bits per heavy atom. The van der Waals surface area contributed by atoms with Gasteiger partial charge >= 0.3 is 0 Å². The fourth-order valence-electron chi connectivity index (χ4n) is 7.00. The van der Waals surface area contributed by atoms with Gasteiger partial charge in [0.1, 0.15) is 0 Å². The summed E-state index contributed by atoms with van der Waals surface area (Å²) in [6.45, 7) is 14.7. The number of carbonyl (C=O) groups is 2. The molecule has 1 saturated carbocycles. The number of anilines is 2. The highest BCUT2D eigenvalue weighted by Crippen LogP contribution is 2.47. The number of hydrogen-bond donors (Lipinski definition) is 2. The first-order chi connectivity index (χ1) is 22.2. The summed E-state index contributed by atoms with van der Waals surface area (Å²) in [5, 5.41) is 17.3. The maximum Gasteiger partial charge on any atom is 0.269 e. The van der Waals surface area contributed by atoms with E-state index in [2.05, 4.69) is 69.5 Å². The van der Waals surface area contributed by atoms with E-state index in [0.717, 1.165) is 59.3 Å². The minimum atomic E-state index is -0.477. The molecule has 0 saturated heterocycles. The molecule has 4 aromatic rings. The van der Waals surface area contributed by atoms with Gasteiger partial charge in [-0.1, -0.05) is 76.4 Å². The van der Waals surface area contributed by atoms with Crippen molar-refractivity contribution in [3.63, 3.8) is 0 Å². The molecule has 0 unspecified atom stereocenters. The number of rotatable bonds is 7. The molecule has 1 fully saturated rings. The van der Waals surface area contributed by atoms with Gasteiger partial charge in [-0.25, -0.2) is 0 Å². The number of nitrogens with zero attached hydrogens (tertiary/aromatic N) is 1. The second-order valence-corrected chi connectivity index (χ2v) is 14.2.